The predicted molar refractivity (Wildman–Crippen MR) is 94.5 cm³/mol. The summed E-state index contributed by atoms with van der Waals surface area (Å²) in [6.07, 6.45) is 9.26. The number of pyridine rings is 1. The van der Waals surface area contributed by atoms with E-state index >= 15 is 0 Å². The summed E-state index contributed by atoms with van der Waals surface area (Å²) in [5, 5.41) is 2.91. The third-order valence-corrected chi connectivity index (χ3v) is 4.04. The van der Waals surface area contributed by atoms with Gasteiger partial charge >= 0.3 is 0 Å². The summed E-state index contributed by atoms with van der Waals surface area (Å²) in [5.41, 5.74) is 4.25. The summed E-state index contributed by atoms with van der Waals surface area (Å²) in [5.74, 6) is -0.130. The van der Waals surface area contributed by atoms with Crippen LogP contribution in [0.1, 0.15) is 24.0 Å². The molecule has 0 unspecified atom stereocenters. The molecule has 1 aliphatic rings. The standard InChI is InChI=1S/C19H21N3O/c1-15-14-17(5-6-18(15)22-12-2-3-13-22)21-19(23)7-4-16-8-10-20-11-9-16/h4-11,14H,2-3,12-13H2,1H3,(H,21,23)/b7-4+. The van der Waals surface area contributed by atoms with E-state index in [9.17, 15) is 4.79 Å². The summed E-state index contributed by atoms with van der Waals surface area (Å²) in [4.78, 5) is 18.4. The van der Waals surface area contributed by atoms with Crippen LogP contribution in [0, 0.1) is 6.92 Å². The molecule has 0 radical (unpaired) electrons. The van der Waals surface area contributed by atoms with Crippen molar-refractivity contribution in [3.05, 3.63) is 59.9 Å². The Morgan fingerprint density at radius 1 is 1.17 bits per heavy atom. The Hall–Kier alpha value is -2.62. The molecule has 1 aliphatic heterocycles. The van der Waals surface area contributed by atoms with Crippen LogP contribution in [0.5, 0.6) is 0 Å². The fourth-order valence-electron chi connectivity index (χ4n) is 2.88. The maximum atomic E-state index is 12.0. The van der Waals surface area contributed by atoms with E-state index in [4.69, 9.17) is 0 Å². The first-order valence-corrected chi connectivity index (χ1v) is 7.97. The Kier molecular flexibility index (Phi) is 4.71. The number of aromatic nitrogens is 1. The number of rotatable bonds is 4. The molecule has 1 aromatic heterocycles. The van der Waals surface area contributed by atoms with Gasteiger partial charge in [-0.2, -0.15) is 0 Å². The molecule has 4 heteroatoms. The second kappa shape index (κ2) is 7.09. The molecule has 4 nitrogen and oxygen atoms in total. The largest absolute Gasteiger partial charge is 0.371 e. The van der Waals surface area contributed by atoms with Crippen molar-refractivity contribution in [1.29, 1.82) is 0 Å². The molecule has 118 valence electrons. The first-order chi connectivity index (χ1) is 11.2. The van der Waals surface area contributed by atoms with Crippen molar-refractivity contribution in [2.75, 3.05) is 23.3 Å². The normalized spacial score (nSPS) is 14.4. The minimum absolute atomic E-state index is 0.130. The highest BCUT2D eigenvalue weighted by Crippen LogP contribution is 2.26. The van der Waals surface area contributed by atoms with Crippen LogP contribution in [0.3, 0.4) is 0 Å². The lowest BCUT2D eigenvalue weighted by Crippen LogP contribution is -2.18. The Morgan fingerprint density at radius 2 is 1.91 bits per heavy atom. The number of carbonyl (C=O) groups is 1. The van der Waals surface area contributed by atoms with Gasteiger partial charge in [0.15, 0.2) is 0 Å². The molecular weight excluding hydrogens is 286 g/mol. The van der Waals surface area contributed by atoms with E-state index in [1.807, 2.05) is 24.3 Å². The topological polar surface area (TPSA) is 45.2 Å². The Labute approximate surface area is 136 Å². The van der Waals surface area contributed by atoms with Crippen LogP contribution in [-0.4, -0.2) is 24.0 Å². The van der Waals surface area contributed by atoms with Gasteiger partial charge in [0.25, 0.3) is 0 Å². The third kappa shape index (κ3) is 3.97. The Balaban J connectivity index is 1.64. The lowest BCUT2D eigenvalue weighted by molar-refractivity contribution is -0.111. The van der Waals surface area contributed by atoms with E-state index < -0.39 is 0 Å². The van der Waals surface area contributed by atoms with Crippen molar-refractivity contribution >= 4 is 23.4 Å². The molecule has 1 fully saturated rings. The number of anilines is 2. The average Bonchev–Trinajstić information content (AvgIpc) is 3.08. The first kappa shape index (κ1) is 15.3. The van der Waals surface area contributed by atoms with Crippen LogP contribution in [0.4, 0.5) is 11.4 Å². The Bertz CT molecular complexity index is 704. The number of nitrogens with one attached hydrogen (secondary N) is 1. The van der Waals surface area contributed by atoms with Gasteiger partial charge in [-0.1, -0.05) is 0 Å². The van der Waals surface area contributed by atoms with Crippen LogP contribution in [0.2, 0.25) is 0 Å². The highest BCUT2D eigenvalue weighted by atomic mass is 16.1. The maximum absolute atomic E-state index is 12.0. The zero-order chi connectivity index (χ0) is 16.1. The van der Waals surface area contributed by atoms with E-state index in [2.05, 4.69) is 28.2 Å². The van der Waals surface area contributed by atoms with Crippen molar-refractivity contribution < 1.29 is 4.79 Å². The first-order valence-electron chi connectivity index (χ1n) is 7.97. The lowest BCUT2D eigenvalue weighted by atomic mass is 10.1. The number of hydrogen-bond donors (Lipinski definition) is 1. The summed E-state index contributed by atoms with van der Waals surface area (Å²) < 4.78 is 0. The van der Waals surface area contributed by atoms with Crippen LogP contribution in [0.15, 0.2) is 48.8 Å². The van der Waals surface area contributed by atoms with Gasteiger partial charge in [0.05, 0.1) is 0 Å². The van der Waals surface area contributed by atoms with E-state index in [0.717, 1.165) is 24.3 Å². The third-order valence-electron chi connectivity index (χ3n) is 4.04. The molecule has 0 spiro atoms. The van der Waals surface area contributed by atoms with E-state index in [1.165, 1.54) is 24.1 Å². The minimum atomic E-state index is -0.130. The van der Waals surface area contributed by atoms with Gasteiger partial charge in [-0.3, -0.25) is 9.78 Å². The predicted octanol–water partition coefficient (Wildman–Crippen LogP) is 3.64. The van der Waals surface area contributed by atoms with Crippen LogP contribution in [-0.2, 0) is 4.79 Å². The van der Waals surface area contributed by atoms with Crippen molar-refractivity contribution in [1.82, 2.24) is 4.98 Å². The van der Waals surface area contributed by atoms with Gasteiger partial charge in [0.1, 0.15) is 0 Å². The molecule has 0 atom stereocenters. The molecule has 0 saturated carbocycles. The van der Waals surface area contributed by atoms with Gasteiger partial charge in [0, 0.05) is 42.9 Å². The Morgan fingerprint density at radius 3 is 2.61 bits per heavy atom. The minimum Gasteiger partial charge on any atom is -0.371 e. The fourth-order valence-corrected chi connectivity index (χ4v) is 2.88. The number of carbonyl (C=O) groups excluding carboxylic acids is 1. The molecule has 3 rings (SSSR count). The van der Waals surface area contributed by atoms with Gasteiger partial charge in [-0.05, 0) is 67.3 Å². The molecule has 2 heterocycles. The van der Waals surface area contributed by atoms with Gasteiger partial charge in [-0.25, -0.2) is 0 Å². The molecule has 0 aliphatic carbocycles. The number of amides is 1. The van der Waals surface area contributed by atoms with Crippen LogP contribution in [0.25, 0.3) is 6.08 Å². The summed E-state index contributed by atoms with van der Waals surface area (Å²) in [6.45, 7) is 4.35. The summed E-state index contributed by atoms with van der Waals surface area (Å²) >= 11 is 0. The fraction of sp³-hybridized carbons (Fsp3) is 0.263. The number of benzene rings is 1. The average molecular weight is 307 g/mol. The van der Waals surface area contributed by atoms with Crippen molar-refractivity contribution in [2.45, 2.75) is 19.8 Å². The lowest BCUT2D eigenvalue weighted by Gasteiger charge is -2.20. The summed E-state index contributed by atoms with van der Waals surface area (Å²) in [7, 11) is 0. The number of nitrogens with zero attached hydrogens (tertiary/aromatic N) is 2. The number of aryl methyl sites for hydroxylation is 1. The summed E-state index contributed by atoms with van der Waals surface area (Å²) in [6, 6.07) is 9.82. The molecule has 0 bridgehead atoms. The molecule has 1 amide bonds. The second-order valence-electron chi connectivity index (χ2n) is 5.80. The molecule has 2 aromatic rings. The highest BCUT2D eigenvalue weighted by Gasteiger charge is 2.14. The van der Waals surface area contributed by atoms with Gasteiger partial charge in [0.2, 0.25) is 5.91 Å². The zero-order valence-corrected chi connectivity index (χ0v) is 13.3. The molecular formula is C19H21N3O. The van der Waals surface area contributed by atoms with E-state index in [0.29, 0.717) is 0 Å². The molecule has 23 heavy (non-hydrogen) atoms. The highest BCUT2D eigenvalue weighted by molar-refractivity contribution is 6.02. The quantitative estimate of drug-likeness (QED) is 0.877. The van der Waals surface area contributed by atoms with Gasteiger partial charge < -0.3 is 10.2 Å². The van der Waals surface area contributed by atoms with Crippen molar-refractivity contribution in [3.8, 4) is 0 Å². The molecule has 1 N–H and O–H groups in total. The second-order valence-corrected chi connectivity index (χ2v) is 5.80. The maximum Gasteiger partial charge on any atom is 0.248 e. The smallest absolute Gasteiger partial charge is 0.248 e. The SMILES string of the molecule is Cc1cc(NC(=O)/C=C/c2ccncc2)ccc1N1CCCC1. The van der Waals surface area contributed by atoms with E-state index in [-0.39, 0.29) is 5.91 Å². The molecule has 1 aromatic carbocycles. The van der Waals surface area contributed by atoms with Crippen LogP contribution >= 0.6 is 0 Å². The van der Waals surface area contributed by atoms with Crippen molar-refractivity contribution in [3.63, 3.8) is 0 Å². The zero-order valence-electron chi connectivity index (χ0n) is 13.3. The van der Waals surface area contributed by atoms with E-state index in [1.54, 1.807) is 24.5 Å². The molecule has 1 saturated heterocycles. The van der Waals surface area contributed by atoms with Gasteiger partial charge in [-0.15, -0.1) is 0 Å². The number of hydrogen-bond acceptors (Lipinski definition) is 3. The van der Waals surface area contributed by atoms with Crippen molar-refractivity contribution in [2.24, 2.45) is 0 Å². The van der Waals surface area contributed by atoms with Crippen LogP contribution < -0.4 is 10.2 Å². The monoisotopic (exact) mass is 307 g/mol.